The Labute approximate surface area is 137 Å². The number of amides is 2. The number of benzene rings is 1. The molecule has 1 aromatic heterocycles. The van der Waals surface area contributed by atoms with Crippen LogP contribution in [0.4, 0.5) is 11.6 Å². The van der Waals surface area contributed by atoms with Crippen LogP contribution in [0.25, 0.3) is 0 Å². The highest BCUT2D eigenvalue weighted by Crippen LogP contribution is 2.33. The lowest BCUT2D eigenvalue weighted by atomic mass is 10.1. The predicted molar refractivity (Wildman–Crippen MR) is 83.1 cm³/mol. The monoisotopic (exact) mass is 329 g/mol. The van der Waals surface area contributed by atoms with Gasteiger partial charge in [0.1, 0.15) is 25.1 Å². The third kappa shape index (κ3) is 2.53. The number of carbonyl (C=O) groups excluding carboxylic acids is 2. The van der Waals surface area contributed by atoms with E-state index in [-0.39, 0.29) is 24.2 Å². The molecule has 1 atom stereocenters. The Morgan fingerprint density at radius 3 is 2.96 bits per heavy atom. The Bertz CT molecular complexity index is 831. The smallest absolute Gasteiger partial charge is 0.249 e. The van der Waals surface area contributed by atoms with Gasteiger partial charge in [0.2, 0.25) is 17.8 Å². The molecule has 1 aromatic carbocycles. The third-order valence-electron chi connectivity index (χ3n) is 3.77. The van der Waals surface area contributed by atoms with Crippen LogP contribution in [0.3, 0.4) is 0 Å². The van der Waals surface area contributed by atoms with Gasteiger partial charge in [-0.1, -0.05) is 0 Å². The SMILES string of the molecule is Cc1nc2n(n1)C(C(=O)Nc1ccc3c(c1)OCCO3)CC(=O)N2. The van der Waals surface area contributed by atoms with Crippen LogP contribution >= 0.6 is 0 Å². The fraction of sp³-hybridized carbons (Fsp3) is 0.333. The lowest BCUT2D eigenvalue weighted by molar-refractivity contribution is -0.125. The highest BCUT2D eigenvalue weighted by atomic mass is 16.6. The van der Waals surface area contributed by atoms with Crippen LogP contribution in [0.2, 0.25) is 0 Å². The molecule has 2 aromatic rings. The number of nitrogens with zero attached hydrogens (tertiary/aromatic N) is 3. The van der Waals surface area contributed by atoms with Gasteiger partial charge in [0.15, 0.2) is 11.5 Å². The van der Waals surface area contributed by atoms with E-state index in [0.717, 1.165) is 0 Å². The first kappa shape index (κ1) is 14.5. The number of rotatable bonds is 2. The second-order valence-corrected chi connectivity index (χ2v) is 5.54. The fourth-order valence-electron chi connectivity index (χ4n) is 2.72. The summed E-state index contributed by atoms with van der Waals surface area (Å²) in [7, 11) is 0. The minimum atomic E-state index is -0.747. The van der Waals surface area contributed by atoms with Crippen molar-refractivity contribution in [3.05, 3.63) is 24.0 Å². The van der Waals surface area contributed by atoms with E-state index in [1.807, 2.05) is 0 Å². The maximum atomic E-state index is 12.6. The van der Waals surface area contributed by atoms with Crippen molar-refractivity contribution in [3.8, 4) is 11.5 Å². The second kappa shape index (κ2) is 5.52. The highest BCUT2D eigenvalue weighted by Gasteiger charge is 2.32. The van der Waals surface area contributed by atoms with E-state index >= 15 is 0 Å². The van der Waals surface area contributed by atoms with Crippen LogP contribution in [0.1, 0.15) is 18.3 Å². The zero-order chi connectivity index (χ0) is 16.7. The molecule has 2 aliphatic rings. The number of aromatic nitrogens is 3. The lowest BCUT2D eigenvalue weighted by Gasteiger charge is -2.23. The van der Waals surface area contributed by atoms with Gasteiger partial charge in [0.25, 0.3) is 0 Å². The van der Waals surface area contributed by atoms with Crippen LogP contribution in [0.5, 0.6) is 11.5 Å². The molecule has 2 amide bonds. The first-order chi connectivity index (χ1) is 11.6. The van der Waals surface area contributed by atoms with Crippen molar-refractivity contribution in [3.63, 3.8) is 0 Å². The van der Waals surface area contributed by atoms with Crippen molar-refractivity contribution in [2.45, 2.75) is 19.4 Å². The van der Waals surface area contributed by atoms with Gasteiger partial charge in [-0.25, -0.2) is 4.68 Å². The topological polar surface area (TPSA) is 107 Å². The lowest BCUT2D eigenvalue weighted by Crippen LogP contribution is -2.36. The van der Waals surface area contributed by atoms with Crippen molar-refractivity contribution in [2.75, 3.05) is 23.8 Å². The van der Waals surface area contributed by atoms with Crippen molar-refractivity contribution >= 4 is 23.5 Å². The maximum Gasteiger partial charge on any atom is 0.249 e. The Morgan fingerprint density at radius 1 is 1.33 bits per heavy atom. The average molecular weight is 329 g/mol. The molecule has 0 saturated carbocycles. The van der Waals surface area contributed by atoms with E-state index in [2.05, 4.69) is 20.7 Å². The fourth-order valence-corrected chi connectivity index (χ4v) is 2.72. The summed E-state index contributed by atoms with van der Waals surface area (Å²) in [5, 5.41) is 9.58. The Hall–Kier alpha value is -3.10. The van der Waals surface area contributed by atoms with Crippen molar-refractivity contribution < 1.29 is 19.1 Å². The van der Waals surface area contributed by atoms with Gasteiger partial charge in [-0.05, 0) is 19.1 Å². The third-order valence-corrected chi connectivity index (χ3v) is 3.77. The molecule has 0 radical (unpaired) electrons. The summed E-state index contributed by atoms with van der Waals surface area (Å²) in [6.45, 7) is 2.67. The molecule has 0 aliphatic carbocycles. The summed E-state index contributed by atoms with van der Waals surface area (Å²) in [6.07, 6.45) is 0.00614. The first-order valence-electron chi connectivity index (χ1n) is 7.53. The zero-order valence-electron chi connectivity index (χ0n) is 12.9. The molecule has 0 fully saturated rings. The van der Waals surface area contributed by atoms with Gasteiger partial charge in [-0.3, -0.25) is 14.9 Å². The van der Waals surface area contributed by atoms with Gasteiger partial charge in [0.05, 0.1) is 6.42 Å². The number of fused-ring (bicyclic) bond motifs is 2. The number of anilines is 2. The van der Waals surface area contributed by atoms with E-state index in [1.165, 1.54) is 4.68 Å². The summed E-state index contributed by atoms with van der Waals surface area (Å²) in [5.74, 6) is 1.39. The summed E-state index contributed by atoms with van der Waals surface area (Å²) in [4.78, 5) is 28.5. The summed E-state index contributed by atoms with van der Waals surface area (Å²) >= 11 is 0. The van der Waals surface area contributed by atoms with Crippen molar-refractivity contribution in [1.82, 2.24) is 14.8 Å². The first-order valence-corrected chi connectivity index (χ1v) is 7.53. The molecule has 0 saturated heterocycles. The molecule has 9 heteroatoms. The average Bonchev–Trinajstić information content (AvgIpc) is 2.93. The highest BCUT2D eigenvalue weighted by molar-refractivity contribution is 6.00. The van der Waals surface area contributed by atoms with Crippen LogP contribution < -0.4 is 20.1 Å². The number of aryl methyl sites for hydroxylation is 1. The molecule has 4 rings (SSSR count). The standard InChI is InChI=1S/C15H15N5O4/c1-8-16-15-18-13(21)7-10(20(15)19-8)14(22)17-9-2-3-11-12(6-9)24-5-4-23-11/h2-3,6,10H,4-5,7H2,1H3,(H,17,22)(H,16,18,19,21). The molecule has 2 N–H and O–H groups in total. The van der Waals surface area contributed by atoms with E-state index in [4.69, 9.17) is 9.47 Å². The summed E-state index contributed by atoms with van der Waals surface area (Å²) in [5.41, 5.74) is 0.564. The maximum absolute atomic E-state index is 12.6. The molecule has 2 aliphatic heterocycles. The van der Waals surface area contributed by atoms with Gasteiger partial charge < -0.3 is 14.8 Å². The molecule has 1 unspecified atom stereocenters. The van der Waals surface area contributed by atoms with Crippen LogP contribution in [-0.2, 0) is 9.59 Å². The van der Waals surface area contributed by atoms with Crippen molar-refractivity contribution in [2.24, 2.45) is 0 Å². The Kier molecular flexibility index (Phi) is 3.33. The second-order valence-electron chi connectivity index (χ2n) is 5.54. The molecule has 0 bridgehead atoms. The summed E-state index contributed by atoms with van der Waals surface area (Å²) < 4.78 is 12.4. The molecule has 3 heterocycles. The Balaban J connectivity index is 1.57. The van der Waals surface area contributed by atoms with E-state index in [9.17, 15) is 9.59 Å². The predicted octanol–water partition coefficient (Wildman–Crippen LogP) is 0.880. The number of hydrogen-bond acceptors (Lipinski definition) is 6. The molecule has 9 nitrogen and oxygen atoms in total. The summed E-state index contributed by atoms with van der Waals surface area (Å²) in [6, 6.07) is 4.41. The molecule has 24 heavy (non-hydrogen) atoms. The van der Waals surface area contributed by atoms with Crippen LogP contribution in [-0.4, -0.2) is 39.8 Å². The van der Waals surface area contributed by atoms with Gasteiger partial charge in [-0.15, -0.1) is 0 Å². The number of carbonyl (C=O) groups is 2. The molecule has 0 spiro atoms. The number of hydrogen-bond donors (Lipinski definition) is 2. The molecular formula is C15H15N5O4. The molecule has 124 valence electrons. The quantitative estimate of drug-likeness (QED) is 0.847. The number of nitrogens with one attached hydrogen (secondary N) is 2. The zero-order valence-corrected chi connectivity index (χ0v) is 12.9. The van der Waals surface area contributed by atoms with Gasteiger partial charge >= 0.3 is 0 Å². The largest absolute Gasteiger partial charge is 0.486 e. The van der Waals surface area contributed by atoms with Crippen LogP contribution in [0.15, 0.2) is 18.2 Å². The Morgan fingerprint density at radius 2 is 2.12 bits per heavy atom. The minimum Gasteiger partial charge on any atom is -0.486 e. The van der Waals surface area contributed by atoms with Crippen LogP contribution in [0, 0.1) is 6.92 Å². The molecular weight excluding hydrogens is 314 g/mol. The normalized spacial score (nSPS) is 18.5. The van der Waals surface area contributed by atoms with E-state index in [1.54, 1.807) is 25.1 Å². The number of ether oxygens (including phenoxy) is 2. The van der Waals surface area contributed by atoms with Gasteiger partial charge in [-0.2, -0.15) is 10.1 Å². The van der Waals surface area contributed by atoms with E-state index in [0.29, 0.717) is 36.2 Å². The minimum absolute atomic E-state index is 0.00614. The van der Waals surface area contributed by atoms with E-state index < -0.39 is 6.04 Å². The van der Waals surface area contributed by atoms with Crippen molar-refractivity contribution in [1.29, 1.82) is 0 Å². The van der Waals surface area contributed by atoms with Gasteiger partial charge in [0, 0.05) is 11.8 Å².